The Labute approximate surface area is 91.3 Å². The highest BCUT2D eigenvalue weighted by molar-refractivity contribution is 5.77. The van der Waals surface area contributed by atoms with Gasteiger partial charge in [-0.25, -0.2) is 0 Å². The Morgan fingerprint density at radius 1 is 1.47 bits per heavy atom. The molecule has 1 fully saturated rings. The van der Waals surface area contributed by atoms with Crippen LogP contribution in [0.3, 0.4) is 0 Å². The maximum Gasteiger partial charge on any atom is 0.246 e. The van der Waals surface area contributed by atoms with Crippen molar-refractivity contribution in [1.82, 2.24) is 5.32 Å². The van der Waals surface area contributed by atoms with Gasteiger partial charge in [0, 0.05) is 13.7 Å². The van der Waals surface area contributed by atoms with Crippen molar-refractivity contribution >= 4 is 5.91 Å². The van der Waals surface area contributed by atoms with Crippen LogP contribution in [0.25, 0.3) is 0 Å². The van der Waals surface area contributed by atoms with E-state index in [1.807, 2.05) is 6.92 Å². The predicted molar refractivity (Wildman–Crippen MR) is 57.7 cm³/mol. The van der Waals surface area contributed by atoms with Gasteiger partial charge < -0.3 is 14.8 Å². The zero-order valence-corrected chi connectivity index (χ0v) is 9.62. The van der Waals surface area contributed by atoms with Crippen LogP contribution in [-0.4, -0.2) is 38.4 Å². The molecule has 0 aliphatic heterocycles. The lowest BCUT2D eigenvalue weighted by atomic mass is 10.2. The summed E-state index contributed by atoms with van der Waals surface area (Å²) >= 11 is 0. The van der Waals surface area contributed by atoms with E-state index < -0.39 is 0 Å². The standard InChI is InChI=1S/C11H21NO3/c1-3-7-15-8-11(13)12-9-5-4-6-10(9)14-2/h9-10H,3-8H2,1-2H3,(H,12,13). The van der Waals surface area contributed by atoms with E-state index in [1.54, 1.807) is 7.11 Å². The third kappa shape index (κ3) is 4.18. The molecule has 2 unspecified atom stereocenters. The van der Waals surface area contributed by atoms with Gasteiger partial charge in [0.2, 0.25) is 5.91 Å². The number of hydrogen-bond donors (Lipinski definition) is 1. The van der Waals surface area contributed by atoms with Crippen LogP contribution in [0.4, 0.5) is 0 Å². The first-order valence-corrected chi connectivity index (χ1v) is 5.67. The minimum atomic E-state index is -0.0302. The number of hydrogen-bond acceptors (Lipinski definition) is 3. The van der Waals surface area contributed by atoms with Crippen molar-refractivity contribution < 1.29 is 14.3 Å². The summed E-state index contributed by atoms with van der Waals surface area (Å²) in [4.78, 5) is 11.4. The van der Waals surface area contributed by atoms with Crippen LogP contribution in [0.15, 0.2) is 0 Å². The molecule has 0 aromatic rings. The molecule has 2 atom stereocenters. The van der Waals surface area contributed by atoms with Crippen molar-refractivity contribution in [3.05, 3.63) is 0 Å². The molecular weight excluding hydrogens is 194 g/mol. The Morgan fingerprint density at radius 2 is 2.27 bits per heavy atom. The van der Waals surface area contributed by atoms with Crippen LogP contribution in [0.5, 0.6) is 0 Å². The molecule has 0 bridgehead atoms. The summed E-state index contributed by atoms with van der Waals surface area (Å²) in [7, 11) is 1.70. The van der Waals surface area contributed by atoms with Crippen LogP contribution < -0.4 is 5.32 Å². The second-order valence-corrected chi connectivity index (χ2v) is 3.93. The molecular formula is C11H21NO3. The van der Waals surface area contributed by atoms with Crippen LogP contribution in [0.2, 0.25) is 0 Å². The van der Waals surface area contributed by atoms with Gasteiger partial charge in [0.25, 0.3) is 0 Å². The number of ether oxygens (including phenoxy) is 2. The second-order valence-electron chi connectivity index (χ2n) is 3.93. The van der Waals surface area contributed by atoms with Crippen molar-refractivity contribution in [2.24, 2.45) is 0 Å². The van der Waals surface area contributed by atoms with Crippen molar-refractivity contribution in [1.29, 1.82) is 0 Å². The summed E-state index contributed by atoms with van der Waals surface area (Å²) in [5.41, 5.74) is 0. The number of carbonyl (C=O) groups is 1. The van der Waals surface area contributed by atoms with Crippen LogP contribution >= 0.6 is 0 Å². The van der Waals surface area contributed by atoms with E-state index >= 15 is 0 Å². The largest absolute Gasteiger partial charge is 0.379 e. The SMILES string of the molecule is CCCOCC(=O)NC1CCCC1OC. The fourth-order valence-corrected chi connectivity index (χ4v) is 1.93. The van der Waals surface area contributed by atoms with Crippen LogP contribution in [-0.2, 0) is 14.3 Å². The molecule has 1 saturated carbocycles. The summed E-state index contributed by atoms with van der Waals surface area (Å²) in [5, 5.41) is 2.95. The van der Waals surface area contributed by atoms with Gasteiger partial charge in [-0.2, -0.15) is 0 Å². The lowest BCUT2D eigenvalue weighted by molar-refractivity contribution is -0.127. The topological polar surface area (TPSA) is 47.6 Å². The molecule has 1 aliphatic rings. The van der Waals surface area contributed by atoms with E-state index in [0.717, 1.165) is 25.7 Å². The molecule has 0 heterocycles. The molecule has 1 N–H and O–H groups in total. The fraction of sp³-hybridized carbons (Fsp3) is 0.909. The van der Waals surface area contributed by atoms with Gasteiger partial charge in [0.05, 0.1) is 12.1 Å². The monoisotopic (exact) mass is 215 g/mol. The van der Waals surface area contributed by atoms with Gasteiger partial charge in [-0.1, -0.05) is 6.92 Å². The minimum Gasteiger partial charge on any atom is -0.379 e. The smallest absolute Gasteiger partial charge is 0.246 e. The summed E-state index contributed by atoms with van der Waals surface area (Å²) < 4.78 is 10.5. The molecule has 0 radical (unpaired) electrons. The molecule has 1 amide bonds. The summed E-state index contributed by atoms with van der Waals surface area (Å²) in [6.45, 7) is 2.84. The molecule has 4 heteroatoms. The first-order valence-electron chi connectivity index (χ1n) is 5.67. The number of methoxy groups -OCH3 is 1. The van der Waals surface area contributed by atoms with Gasteiger partial charge in [0.15, 0.2) is 0 Å². The first kappa shape index (κ1) is 12.5. The average Bonchev–Trinajstić information content (AvgIpc) is 2.65. The molecule has 0 aromatic heterocycles. The number of nitrogens with one attached hydrogen (secondary N) is 1. The maximum absolute atomic E-state index is 11.4. The Hall–Kier alpha value is -0.610. The van der Waals surface area contributed by atoms with Crippen molar-refractivity contribution in [3.63, 3.8) is 0 Å². The van der Waals surface area contributed by atoms with E-state index in [1.165, 1.54) is 0 Å². The maximum atomic E-state index is 11.4. The van der Waals surface area contributed by atoms with E-state index in [0.29, 0.717) is 6.61 Å². The zero-order chi connectivity index (χ0) is 11.1. The molecule has 88 valence electrons. The fourth-order valence-electron chi connectivity index (χ4n) is 1.93. The molecule has 4 nitrogen and oxygen atoms in total. The first-order chi connectivity index (χ1) is 7.27. The van der Waals surface area contributed by atoms with E-state index in [2.05, 4.69) is 5.32 Å². The molecule has 15 heavy (non-hydrogen) atoms. The summed E-state index contributed by atoms with van der Waals surface area (Å²) in [6.07, 6.45) is 4.30. The molecule has 0 aromatic carbocycles. The molecule has 1 aliphatic carbocycles. The average molecular weight is 215 g/mol. The Kier molecular flexibility index (Phi) is 5.65. The predicted octanol–water partition coefficient (Wildman–Crippen LogP) is 1.10. The number of amides is 1. The third-order valence-electron chi connectivity index (χ3n) is 2.68. The Bertz CT molecular complexity index is 196. The van der Waals surface area contributed by atoms with Gasteiger partial charge >= 0.3 is 0 Å². The van der Waals surface area contributed by atoms with Crippen molar-refractivity contribution in [2.45, 2.75) is 44.8 Å². The minimum absolute atomic E-state index is 0.0302. The second kappa shape index (κ2) is 6.80. The van der Waals surface area contributed by atoms with Gasteiger partial charge in [0.1, 0.15) is 6.61 Å². The zero-order valence-electron chi connectivity index (χ0n) is 9.62. The van der Waals surface area contributed by atoms with Gasteiger partial charge in [-0.3, -0.25) is 4.79 Å². The quantitative estimate of drug-likeness (QED) is 0.675. The van der Waals surface area contributed by atoms with E-state index in [-0.39, 0.29) is 24.7 Å². The van der Waals surface area contributed by atoms with Crippen molar-refractivity contribution in [2.75, 3.05) is 20.3 Å². The van der Waals surface area contributed by atoms with E-state index in [4.69, 9.17) is 9.47 Å². The van der Waals surface area contributed by atoms with Gasteiger partial charge in [-0.15, -0.1) is 0 Å². The summed E-state index contributed by atoms with van der Waals surface area (Å²) in [5.74, 6) is -0.0302. The number of carbonyl (C=O) groups excluding carboxylic acids is 1. The molecule has 1 rings (SSSR count). The lowest BCUT2D eigenvalue weighted by Crippen LogP contribution is -2.42. The molecule has 0 spiro atoms. The van der Waals surface area contributed by atoms with Crippen LogP contribution in [0, 0.1) is 0 Å². The Morgan fingerprint density at radius 3 is 2.93 bits per heavy atom. The van der Waals surface area contributed by atoms with E-state index in [9.17, 15) is 4.79 Å². The summed E-state index contributed by atoms with van der Waals surface area (Å²) in [6, 6.07) is 0.174. The van der Waals surface area contributed by atoms with Crippen LogP contribution in [0.1, 0.15) is 32.6 Å². The third-order valence-corrected chi connectivity index (χ3v) is 2.68. The highest BCUT2D eigenvalue weighted by Gasteiger charge is 2.28. The van der Waals surface area contributed by atoms with Gasteiger partial charge in [-0.05, 0) is 25.7 Å². The normalized spacial score (nSPS) is 25.5. The highest BCUT2D eigenvalue weighted by atomic mass is 16.5. The lowest BCUT2D eigenvalue weighted by Gasteiger charge is -2.19. The Balaban J connectivity index is 2.19. The highest BCUT2D eigenvalue weighted by Crippen LogP contribution is 2.21. The van der Waals surface area contributed by atoms with Crippen molar-refractivity contribution in [3.8, 4) is 0 Å². The number of rotatable bonds is 6. The molecule has 0 saturated heterocycles.